The van der Waals surface area contributed by atoms with Crippen LogP contribution in [0.2, 0.25) is 0 Å². The molecule has 8 nitrogen and oxygen atoms in total. The van der Waals surface area contributed by atoms with E-state index in [0.717, 1.165) is 0 Å². The Bertz CT molecular complexity index is 338. The third-order valence-electron chi connectivity index (χ3n) is 1.76. The highest BCUT2D eigenvalue weighted by molar-refractivity contribution is 5.85. The van der Waals surface area contributed by atoms with Gasteiger partial charge >= 0.3 is 12.2 Å². The summed E-state index contributed by atoms with van der Waals surface area (Å²) in [5, 5.41) is 4.57. The van der Waals surface area contributed by atoms with Gasteiger partial charge in [0.2, 0.25) is 5.91 Å². The number of nitrogens with one attached hydrogen (secondary N) is 2. The number of alkyl carbamates (subject to hydrolysis) is 2. The number of hydrogen-bond donors (Lipinski definition) is 3. The predicted molar refractivity (Wildman–Crippen MR) is 67.4 cm³/mol. The summed E-state index contributed by atoms with van der Waals surface area (Å²) >= 11 is 0. The zero-order valence-corrected chi connectivity index (χ0v) is 11.6. The van der Waals surface area contributed by atoms with E-state index in [1.165, 1.54) is 0 Å². The van der Waals surface area contributed by atoms with Crippen LogP contribution in [0.1, 0.15) is 27.7 Å². The molecular weight excluding hydrogens is 254 g/mol. The molecular formula is C11H21N3O5. The van der Waals surface area contributed by atoms with Gasteiger partial charge in [0, 0.05) is 0 Å². The number of hydrogen-bond acceptors (Lipinski definition) is 5. The smallest absolute Gasteiger partial charge is 0.408 e. The minimum Gasteiger partial charge on any atom is -0.450 e. The van der Waals surface area contributed by atoms with Crippen molar-refractivity contribution in [3.05, 3.63) is 0 Å². The molecule has 3 amide bonds. The van der Waals surface area contributed by atoms with Gasteiger partial charge in [0.1, 0.15) is 11.6 Å². The molecule has 0 saturated heterocycles. The molecule has 0 rings (SSSR count). The zero-order valence-electron chi connectivity index (χ0n) is 11.6. The molecule has 0 aliphatic rings. The fourth-order valence-corrected chi connectivity index (χ4v) is 1.04. The predicted octanol–water partition coefficient (Wildman–Crippen LogP) is 0.111. The van der Waals surface area contributed by atoms with Crippen LogP contribution in [0.4, 0.5) is 9.59 Å². The minimum atomic E-state index is -1.07. The molecule has 0 unspecified atom stereocenters. The van der Waals surface area contributed by atoms with E-state index in [0.29, 0.717) is 0 Å². The molecule has 0 heterocycles. The van der Waals surface area contributed by atoms with Crippen molar-refractivity contribution in [3.8, 4) is 0 Å². The van der Waals surface area contributed by atoms with Crippen molar-refractivity contribution >= 4 is 18.1 Å². The number of carbonyl (C=O) groups is 3. The first-order valence-corrected chi connectivity index (χ1v) is 5.85. The maximum absolute atomic E-state index is 11.5. The van der Waals surface area contributed by atoms with Gasteiger partial charge in [0.05, 0.1) is 13.2 Å². The molecule has 0 aliphatic heterocycles. The van der Waals surface area contributed by atoms with Crippen LogP contribution in [0, 0.1) is 0 Å². The normalized spacial score (nSPS) is 12.2. The van der Waals surface area contributed by atoms with Crippen LogP contribution in [0.5, 0.6) is 0 Å². The zero-order chi connectivity index (χ0) is 15.1. The molecule has 4 N–H and O–H groups in total. The summed E-state index contributed by atoms with van der Waals surface area (Å²) in [6.07, 6.45) is -1.48. The molecule has 0 fully saturated rings. The summed E-state index contributed by atoms with van der Waals surface area (Å²) in [6, 6.07) is -1.07. The maximum Gasteiger partial charge on any atom is 0.408 e. The monoisotopic (exact) mass is 275 g/mol. The molecule has 0 aromatic rings. The SMILES string of the molecule is CCOC(=O)NC[C@H](NC(=O)OC(C)(C)C)C(N)=O. The Kier molecular flexibility index (Phi) is 6.67. The van der Waals surface area contributed by atoms with Gasteiger partial charge in [-0.05, 0) is 27.7 Å². The molecule has 0 radical (unpaired) electrons. The Morgan fingerprint density at radius 1 is 1.21 bits per heavy atom. The first-order valence-electron chi connectivity index (χ1n) is 5.85. The summed E-state index contributed by atoms with van der Waals surface area (Å²) < 4.78 is 9.58. The van der Waals surface area contributed by atoms with Crippen molar-refractivity contribution < 1.29 is 23.9 Å². The molecule has 8 heteroatoms. The van der Waals surface area contributed by atoms with E-state index >= 15 is 0 Å². The van der Waals surface area contributed by atoms with E-state index in [9.17, 15) is 14.4 Å². The second kappa shape index (κ2) is 7.45. The second-order valence-corrected chi connectivity index (χ2v) is 4.70. The molecule has 0 aromatic heterocycles. The number of amides is 3. The molecule has 0 saturated carbocycles. The van der Waals surface area contributed by atoms with E-state index in [4.69, 9.17) is 10.5 Å². The lowest BCUT2D eigenvalue weighted by Crippen LogP contribution is -2.52. The number of carbonyl (C=O) groups excluding carboxylic acids is 3. The molecule has 0 bridgehead atoms. The summed E-state index contributed by atoms with van der Waals surface area (Å²) in [5.74, 6) is -0.789. The Labute approximate surface area is 112 Å². The van der Waals surface area contributed by atoms with Gasteiger partial charge in [-0.25, -0.2) is 9.59 Å². The lowest BCUT2D eigenvalue weighted by Gasteiger charge is -2.22. The summed E-state index contributed by atoms with van der Waals surface area (Å²) in [5.41, 5.74) is 4.41. The molecule has 1 atom stereocenters. The number of primary amides is 1. The molecule has 0 aromatic carbocycles. The van der Waals surface area contributed by atoms with E-state index in [-0.39, 0.29) is 13.2 Å². The molecule has 0 spiro atoms. The Morgan fingerprint density at radius 2 is 1.79 bits per heavy atom. The van der Waals surface area contributed by atoms with Gasteiger partial charge in [-0.15, -0.1) is 0 Å². The first-order chi connectivity index (χ1) is 8.65. The van der Waals surface area contributed by atoms with Crippen molar-refractivity contribution in [2.75, 3.05) is 13.2 Å². The number of ether oxygens (including phenoxy) is 2. The average Bonchev–Trinajstić information content (AvgIpc) is 2.21. The fourth-order valence-electron chi connectivity index (χ4n) is 1.04. The van der Waals surface area contributed by atoms with Gasteiger partial charge < -0.3 is 25.8 Å². The molecule has 19 heavy (non-hydrogen) atoms. The van der Waals surface area contributed by atoms with Crippen molar-refractivity contribution in [1.82, 2.24) is 10.6 Å². The third-order valence-corrected chi connectivity index (χ3v) is 1.76. The van der Waals surface area contributed by atoms with Crippen LogP contribution >= 0.6 is 0 Å². The van der Waals surface area contributed by atoms with Gasteiger partial charge in [-0.1, -0.05) is 0 Å². The van der Waals surface area contributed by atoms with Crippen LogP contribution in [0.25, 0.3) is 0 Å². The van der Waals surface area contributed by atoms with Crippen LogP contribution < -0.4 is 16.4 Å². The number of nitrogens with two attached hydrogens (primary N) is 1. The largest absolute Gasteiger partial charge is 0.450 e. The van der Waals surface area contributed by atoms with Crippen LogP contribution in [-0.4, -0.2) is 42.9 Å². The second-order valence-electron chi connectivity index (χ2n) is 4.70. The van der Waals surface area contributed by atoms with Gasteiger partial charge in [0.15, 0.2) is 0 Å². The third kappa shape index (κ3) is 8.70. The summed E-state index contributed by atoms with van der Waals surface area (Å²) in [6.45, 7) is 6.72. The van der Waals surface area contributed by atoms with Crippen molar-refractivity contribution in [1.29, 1.82) is 0 Å². The Morgan fingerprint density at radius 3 is 2.21 bits per heavy atom. The van der Waals surface area contributed by atoms with Gasteiger partial charge in [0.25, 0.3) is 0 Å². The highest BCUT2D eigenvalue weighted by Gasteiger charge is 2.23. The Hall–Kier alpha value is -1.99. The van der Waals surface area contributed by atoms with E-state index < -0.39 is 29.7 Å². The van der Waals surface area contributed by atoms with Gasteiger partial charge in [-0.2, -0.15) is 0 Å². The average molecular weight is 275 g/mol. The lowest BCUT2D eigenvalue weighted by molar-refractivity contribution is -0.119. The van der Waals surface area contributed by atoms with Crippen LogP contribution in [0.3, 0.4) is 0 Å². The Balaban J connectivity index is 4.31. The standard InChI is InChI=1S/C11H21N3O5/c1-5-18-9(16)13-6-7(8(12)15)14-10(17)19-11(2,3)4/h7H,5-6H2,1-4H3,(H2,12,15)(H,13,16)(H,14,17)/t7-/m0/s1. The van der Waals surface area contributed by atoms with E-state index in [1.807, 2.05) is 0 Å². The van der Waals surface area contributed by atoms with Crippen LogP contribution in [0.15, 0.2) is 0 Å². The minimum absolute atomic E-state index is 0.173. The van der Waals surface area contributed by atoms with Gasteiger partial charge in [-0.3, -0.25) is 4.79 Å². The lowest BCUT2D eigenvalue weighted by atomic mass is 10.2. The summed E-state index contributed by atoms with van der Waals surface area (Å²) in [4.78, 5) is 33.6. The highest BCUT2D eigenvalue weighted by Crippen LogP contribution is 2.06. The van der Waals surface area contributed by atoms with Crippen molar-refractivity contribution in [3.63, 3.8) is 0 Å². The molecule has 0 aliphatic carbocycles. The van der Waals surface area contributed by atoms with Crippen molar-refractivity contribution in [2.24, 2.45) is 5.73 Å². The van der Waals surface area contributed by atoms with Crippen LogP contribution in [-0.2, 0) is 14.3 Å². The maximum atomic E-state index is 11.5. The topological polar surface area (TPSA) is 120 Å². The first kappa shape index (κ1) is 17.0. The molecule has 110 valence electrons. The van der Waals surface area contributed by atoms with Crippen molar-refractivity contribution in [2.45, 2.75) is 39.3 Å². The summed E-state index contributed by atoms with van der Waals surface area (Å²) in [7, 11) is 0. The fraction of sp³-hybridized carbons (Fsp3) is 0.727. The highest BCUT2D eigenvalue weighted by atomic mass is 16.6. The number of rotatable bonds is 5. The van der Waals surface area contributed by atoms with E-state index in [1.54, 1.807) is 27.7 Å². The van der Waals surface area contributed by atoms with E-state index in [2.05, 4.69) is 15.4 Å². The quantitative estimate of drug-likeness (QED) is 0.657.